The van der Waals surface area contributed by atoms with Crippen molar-refractivity contribution in [3.8, 4) is 0 Å². The van der Waals surface area contributed by atoms with Crippen molar-refractivity contribution in [3.05, 3.63) is 51.8 Å². The lowest BCUT2D eigenvalue weighted by molar-refractivity contribution is 0.0992. The SMILES string of the molecule is Cc1nn(C)cc1C(=O)Cc1ccc(Br)cc1. The molecule has 1 aromatic heterocycles. The molecule has 88 valence electrons. The van der Waals surface area contributed by atoms with Crippen LogP contribution < -0.4 is 0 Å². The summed E-state index contributed by atoms with van der Waals surface area (Å²) in [6.45, 7) is 1.86. The number of hydrogen-bond acceptors (Lipinski definition) is 2. The Kier molecular flexibility index (Phi) is 3.43. The standard InChI is InChI=1S/C13H13BrN2O/c1-9-12(8-16(2)15-9)13(17)7-10-3-5-11(14)6-4-10/h3-6,8H,7H2,1-2H3. The van der Waals surface area contributed by atoms with Crippen LogP contribution in [-0.4, -0.2) is 15.6 Å². The van der Waals surface area contributed by atoms with Crippen molar-refractivity contribution >= 4 is 21.7 Å². The van der Waals surface area contributed by atoms with Crippen LogP contribution in [-0.2, 0) is 13.5 Å². The quantitative estimate of drug-likeness (QED) is 0.816. The van der Waals surface area contributed by atoms with Gasteiger partial charge in [-0.15, -0.1) is 0 Å². The molecule has 0 bridgehead atoms. The fourth-order valence-electron chi connectivity index (χ4n) is 1.76. The van der Waals surface area contributed by atoms with E-state index >= 15 is 0 Å². The highest BCUT2D eigenvalue weighted by atomic mass is 79.9. The number of benzene rings is 1. The number of halogens is 1. The Labute approximate surface area is 109 Å². The summed E-state index contributed by atoms with van der Waals surface area (Å²) in [7, 11) is 1.82. The number of carbonyl (C=O) groups excluding carboxylic acids is 1. The van der Waals surface area contributed by atoms with Crippen molar-refractivity contribution < 1.29 is 4.79 Å². The van der Waals surface area contributed by atoms with Crippen molar-refractivity contribution in [3.63, 3.8) is 0 Å². The number of aryl methyl sites for hydroxylation is 2. The number of hydrogen-bond donors (Lipinski definition) is 0. The first-order valence-corrected chi connectivity index (χ1v) is 6.13. The Morgan fingerprint density at radius 2 is 2.00 bits per heavy atom. The molecule has 0 saturated carbocycles. The smallest absolute Gasteiger partial charge is 0.170 e. The van der Waals surface area contributed by atoms with Crippen LogP contribution in [0.15, 0.2) is 34.9 Å². The molecular formula is C13H13BrN2O. The maximum Gasteiger partial charge on any atom is 0.170 e. The lowest BCUT2D eigenvalue weighted by atomic mass is 10.0. The van der Waals surface area contributed by atoms with E-state index in [1.165, 1.54) is 0 Å². The average molecular weight is 293 g/mol. The van der Waals surface area contributed by atoms with Crippen LogP contribution >= 0.6 is 15.9 Å². The second kappa shape index (κ2) is 4.84. The Morgan fingerprint density at radius 1 is 1.35 bits per heavy atom. The van der Waals surface area contributed by atoms with Crippen molar-refractivity contribution in [2.24, 2.45) is 7.05 Å². The van der Waals surface area contributed by atoms with Gasteiger partial charge < -0.3 is 0 Å². The molecule has 0 atom stereocenters. The third-order valence-electron chi connectivity index (χ3n) is 2.59. The minimum absolute atomic E-state index is 0.109. The van der Waals surface area contributed by atoms with E-state index in [1.54, 1.807) is 10.9 Å². The van der Waals surface area contributed by atoms with E-state index < -0.39 is 0 Å². The predicted octanol–water partition coefficient (Wildman–Crippen LogP) is 2.92. The summed E-state index contributed by atoms with van der Waals surface area (Å²) in [5, 5.41) is 4.18. The number of carbonyl (C=O) groups is 1. The molecule has 0 aliphatic carbocycles. The third kappa shape index (κ3) is 2.82. The second-order valence-corrected chi connectivity index (χ2v) is 4.94. The Morgan fingerprint density at radius 3 is 2.53 bits per heavy atom. The van der Waals surface area contributed by atoms with Gasteiger partial charge in [0.1, 0.15) is 0 Å². The van der Waals surface area contributed by atoms with Crippen molar-refractivity contribution in [2.45, 2.75) is 13.3 Å². The van der Waals surface area contributed by atoms with Crippen LogP contribution in [0, 0.1) is 6.92 Å². The monoisotopic (exact) mass is 292 g/mol. The second-order valence-electron chi connectivity index (χ2n) is 4.03. The molecule has 3 nitrogen and oxygen atoms in total. The summed E-state index contributed by atoms with van der Waals surface area (Å²) in [5.41, 5.74) is 2.51. The van der Waals surface area contributed by atoms with E-state index in [0.717, 1.165) is 15.7 Å². The zero-order valence-corrected chi connectivity index (χ0v) is 11.4. The summed E-state index contributed by atoms with van der Waals surface area (Å²) in [6, 6.07) is 7.79. The van der Waals surface area contributed by atoms with Gasteiger partial charge in [-0.3, -0.25) is 9.48 Å². The molecule has 0 fully saturated rings. The van der Waals surface area contributed by atoms with Gasteiger partial charge in [-0.2, -0.15) is 5.10 Å². The minimum Gasteiger partial charge on any atom is -0.294 e. The van der Waals surface area contributed by atoms with Gasteiger partial charge >= 0.3 is 0 Å². The van der Waals surface area contributed by atoms with Crippen LogP contribution in [0.25, 0.3) is 0 Å². The highest BCUT2D eigenvalue weighted by Gasteiger charge is 2.12. The zero-order chi connectivity index (χ0) is 12.4. The van der Waals surface area contributed by atoms with Gasteiger partial charge in [0.05, 0.1) is 11.3 Å². The molecule has 0 spiro atoms. The Bertz CT molecular complexity index is 543. The Balaban J connectivity index is 2.17. The summed E-state index contributed by atoms with van der Waals surface area (Å²) in [6.07, 6.45) is 2.19. The van der Waals surface area contributed by atoms with Crippen LogP contribution in [0.3, 0.4) is 0 Å². The maximum atomic E-state index is 12.1. The summed E-state index contributed by atoms with van der Waals surface area (Å²) in [4.78, 5) is 12.1. The van der Waals surface area contributed by atoms with Gasteiger partial charge in [0, 0.05) is 24.1 Å². The van der Waals surface area contributed by atoms with Crippen molar-refractivity contribution in [2.75, 3.05) is 0 Å². The fraction of sp³-hybridized carbons (Fsp3) is 0.231. The van der Waals surface area contributed by atoms with Gasteiger partial charge in [0.2, 0.25) is 0 Å². The first-order chi connectivity index (χ1) is 8.06. The highest BCUT2D eigenvalue weighted by molar-refractivity contribution is 9.10. The van der Waals surface area contributed by atoms with E-state index in [9.17, 15) is 4.79 Å². The third-order valence-corrected chi connectivity index (χ3v) is 3.12. The van der Waals surface area contributed by atoms with E-state index in [2.05, 4.69) is 21.0 Å². The first-order valence-electron chi connectivity index (χ1n) is 5.34. The lowest BCUT2D eigenvalue weighted by Crippen LogP contribution is -2.04. The van der Waals surface area contributed by atoms with Gasteiger partial charge in [-0.05, 0) is 24.6 Å². The molecule has 1 aromatic carbocycles. The van der Waals surface area contributed by atoms with E-state index in [1.807, 2.05) is 38.2 Å². The molecule has 4 heteroatoms. The van der Waals surface area contributed by atoms with Gasteiger partial charge in [-0.1, -0.05) is 28.1 Å². The molecule has 0 N–H and O–H groups in total. The van der Waals surface area contributed by atoms with E-state index in [-0.39, 0.29) is 5.78 Å². The minimum atomic E-state index is 0.109. The normalized spacial score (nSPS) is 10.5. The summed E-state index contributed by atoms with van der Waals surface area (Å²) >= 11 is 3.37. The molecule has 2 rings (SSSR count). The van der Waals surface area contributed by atoms with Crippen molar-refractivity contribution in [1.29, 1.82) is 0 Å². The van der Waals surface area contributed by atoms with Crippen LogP contribution in [0.1, 0.15) is 21.6 Å². The number of rotatable bonds is 3. The maximum absolute atomic E-state index is 12.1. The number of aromatic nitrogens is 2. The number of Topliss-reactive ketones (excluding diaryl/α,β-unsaturated/α-hetero) is 1. The zero-order valence-electron chi connectivity index (χ0n) is 9.77. The molecular weight excluding hydrogens is 280 g/mol. The van der Waals surface area contributed by atoms with E-state index in [0.29, 0.717) is 12.0 Å². The number of nitrogens with zero attached hydrogens (tertiary/aromatic N) is 2. The predicted molar refractivity (Wildman–Crippen MR) is 70.1 cm³/mol. The molecule has 0 aliphatic rings. The van der Waals surface area contributed by atoms with E-state index in [4.69, 9.17) is 0 Å². The van der Waals surface area contributed by atoms with Crippen LogP contribution in [0.4, 0.5) is 0 Å². The molecule has 2 aromatic rings. The largest absolute Gasteiger partial charge is 0.294 e. The molecule has 0 amide bonds. The van der Waals surface area contributed by atoms with Crippen LogP contribution in [0.2, 0.25) is 0 Å². The average Bonchev–Trinajstić information content (AvgIpc) is 2.61. The fourth-order valence-corrected chi connectivity index (χ4v) is 2.02. The molecule has 0 unspecified atom stereocenters. The topological polar surface area (TPSA) is 34.9 Å². The van der Waals surface area contributed by atoms with Gasteiger partial charge in [0.15, 0.2) is 5.78 Å². The van der Waals surface area contributed by atoms with Crippen LogP contribution in [0.5, 0.6) is 0 Å². The molecule has 0 radical (unpaired) electrons. The lowest BCUT2D eigenvalue weighted by Gasteiger charge is -2.00. The highest BCUT2D eigenvalue weighted by Crippen LogP contribution is 2.14. The number of ketones is 1. The molecule has 0 aliphatic heterocycles. The molecule has 0 saturated heterocycles. The van der Waals surface area contributed by atoms with Crippen molar-refractivity contribution in [1.82, 2.24) is 9.78 Å². The molecule has 1 heterocycles. The Hall–Kier alpha value is -1.42. The summed E-state index contributed by atoms with van der Waals surface area (Å²) < 4.78 is 2.69. The molecule has 17 heavy (non-hydrogen) atoms. The van der Waals surface area contributed by atoms with Gasteiger partial charge in [-0.25, -0.2) is 0 Å². The summed E-state index contributed by atoms with van der Waals surface area (Å²) in [5.74, 6) is 0.109. The van der Waals surface area contributed by atoms with Gasteiger partial charge in [0.25, 0.3) is 0 Å². The first kappa shape index (κ1) is 12.0.